The molecule has 5 heteroatoms. The third-order valence-electron chi connectivity index (χ3n) is 2.85. The van der Waals surface area contributed by atoms with Gasteiger partial charge in [0.1, 0.15) is 5.82 Å². The largest absolute Gasteiger partial charge is 0.394 e. The standard InChI is InChI=1S/C12H17BrN2O2/c1-8-3-10(13)4-14-12(8)15-5-9(2)17-11(6-15)7-16/h3-4,9,11,16H,5-7H2,1-2H3. The minimum atomic E-state index is -0.122. The van der Waals surface area contributed by atoms with E-state index in [1.54, 1.807) is 6.20 Å². The second kappa shape index (κ2) is 5.33. The predicted molar refractivity (Wildman–Crippen MR) is 70.3 cm³/mol. The summed E-state index contributed by atoms with van der Waals surface area (Å²) in [5, 5.41) is 9.21. The van der Waals surface area contributed by atoms with E-state index in [-0.39, 0.29) is 18.8 Å². The number of halogens is 1. The molecular weight excluding hydrogens is 284 g/mol. The van der Waals surface area contributed by atoms with E-state index in [1.807, 2.05) is 13.8 Å². The predicted octanol–water partition coefficient (Wildman–Crippen LogP) is 1.74. The molecule has 0 radical (unpaired) electrons. The highest BCUT2D eigenvalue weighted by molar-refractivity contribution is 9.10. The van der Waals surface area contributed by atoms with Gasteiger partial charge in [-0.05, 0) is 41.4 Å². The first-order valence-electron chi connectivity index (χ1n) is 5.73. The molecule has 4 nitrogen and oxygen atoms in total. The second-order valence-electron chi connectivity index (χ2n) is 4.45. The zero-order chi connectivity index (χ0) is 12.4. The van der Waals surface area contributed by atoms with Crippen molar-refractivity contribution in [2.45, 2.75) is 26.1 Å². The zero-order valence-electron chi connectivity index (χ0n) is 10.1. The Hall–Kier alpha value is -0.650. The summed E-state index contributed by atoms with van der Waals surface area (Å²) in [5.41, 5.74) is 1.13. The second-order valence-corrected chi connectivity index (χ2v) is 5.37. The van der Waals surface area contributed by atoms with Gasteiger partial charge >= 0.3 is 0 Å². The van der Waals surface area contributed by atoms with Gasteiger partial charge < -0.3 is 14.7 Å². The number of hydrogen-bond donors (Lipinski definition) is 1. The van der Waals surface area contributed by atoms with Crippen LogP contribution in [0.15, 0.2) is 16.7 Å². The van der Waals surface area contributed by atoms with E-state index in [9.17, 15) is 5.11 Å². The van der Waals surface area contributed by atoms with Crippen molar-refractivity contribution in [1.29, 1.82) is 0 Å². The van der Waals surface area contributed by atoms with E-state index in [0.717, 1.165) is 22.4 Å². The molecule has 1 aromatic heterocycles. The molecule has 1 N–H and O–H groups in total. The number of hydrogen-bond acceptors (Lipinski definition) is 4. The number of aliphatic hydroxyl groups is 1. The molecule has 2 rings (SSSR count). The molecule has 1 fully saturated rings. The number of nitrogens with zero attached hydrogens (tertiary/aromatic N) is 2. The summed E-state index contributed by atoms with van der Waals surface area (Å²) in [4.78, 5) is 6.62. The molecule has 1 aromatic rings. The fourth-order valence-corrected chi connectivity index (χ4v) is 2.63. The third kappa shape index (κ3) is 2.97. The van der Waals surface area contributed by atoms with Crippen LogP contribution in [-0.2, 0) is 4.74 Å². The molecule has 17 heavy (non-hydrogen) atoms. The van der Waals surface area contributed by atoms with Crippen LogP contribution >= 0.6 is 15.9 Å². The maximum absolute atomic E-state index is 9.21. The number of morpholine rings is 1. The maximum atomic E-state index is 9.21. The molecule has 2 atom stereocenters. The van der Waals surface area contributed by atoms with Crippen LogP contribution in [0.4, 0.5) is 5.82 Å². The van der Waals surface area contributed by atoms with Crippen LogP contribution < -0.4 is 4.90 Å². The molecule has 0 aliphatic carbocycles. The highest BCUT2D eigenvalue weighted by atomic mass is 79.9. The van der Waals surface area contributed by atoms with Gasteiger partial charge in [0.2, 0.25) is 0 Å². The zero-order valence-corrected chi connectivity index (χ0v) is 11.6. The van der Waals surface area contributed by atoms with Crippen LogP contribution in [0.25, 0.3) is 0 Å². The number of aryl methyl sites for hydroxylation is 1. The number of aliphatic hydroxyl groups excluding tert-OH is 1. The van der Waals surface area contributed by atoms with Crippen LogP contribution in [0.2, 0.25) is 0 Å². The van der Waals surface area contributed by atoms with Gasteiger partial charge in [0, 0.05) is 23.8 Å². The van der Waals surface area contributed by atoms with Crippen molar-refractivity contribution < 1.29 is 9.84 Å². The van der Waals surface area contributed by atoms with Crippen molar-refractivity contribution in [3.8, 4) is 0 Å². The average molecular weight is 301 g/mol. The first-order chi connectivity index (χ1) is 8.10. The van der Waals surface area contributed by atoms with Crippen molar-refractivity contribution in [2.24, 2.45) is 0 Å². The first kappa shape index (κ1) is 12.8. The summed E-state index contributed by atoms with van der Waals surface area (Å²) in [6, 6.07) is 2.05. The van der Waals surface area contributed by atoms with Gasteiger partial charge in [-0.15, -0.1) is 0 Å². The SMILES string of the molecule is Cc1cc(Br)cnc1N1CC(C)OC(CO)C1. The van der Waals surface area contributed by atoms with Crippen LogP contribution in [0.3, 0.4) is 0 Å². The van der Waals surface area contributed by atoms with E-state index in [4.69, 9.17) is 4.74 Å². The Bertz CT molecular complexity index is 400. The Labute approximate surface area is 110 Å². The lowest BCUT2D eigenvalue weighted by Crippen LogP contribution is -2.48. The van der Waals surface area contributed by atoms with Gasteiger partial charge in [-0.3, -0.25) is 0 Å². The Morgan fingerprint density at radius 1 is 1.59 bits per heavy atom. The first-order valence-corrected chi connectivity index (χ1v) is 6.53. The molecule has 0 amide bonds. The van der Waals surface area contributed by atoms with Crippen LogP contribution in [0.1, 0.15) is 12.5 Å². The summed E-state index contributed by atoms with van der Waals surface area (Å²) < 4.78 is 6.61. The lowest BCUT2D eigenvalue weighted by molar-refractivity contribution is -0.0423. The summed E-state index contributed by atoms with van der Waals surface area (Å²) >= 11 is 3.41. The van der Waals surface area contributed by atoms with Gasteiger partial charge in [-0.2, -0.15) is 0 Å². The van der Waals surface area contributed by atoms with Gasteiger partial charge in [-0.25, -0.2) is 4.98 Å². The Balaban J connectivity index is 2.20. The molecule has 0 spiro atoms. The molecule has 2 unspecified atom stereocenters. The van der Waals surface area contributed by atoms with Gasteiger partial charge in [-0.1, -0.05) is 0 Å². The average Bonchev–Trinajstić information content (AvgIpc) is 2.28. The van der Waals surface area contributed by atoms with Crippen LogP contribution in [0.5, 0.6) is 0 Å². The lowest BCUT2D eigenvalue weighted by atomic mass is 10.2. The van der Waals surface area contributed by atoms with Crippen molar-refractivity contribution in [3.63, 3.8) is 0 Å². The summed E-state index contributed by atoms with van der Waals surface area (Å²) in [6.45, 7) is 5.61. The summed E-state index contributed by atoms with van der Waals surface area (Å²) in [5.74, 6) is 0.974. The highest BCUT2D eigenvalue weighted by Crippen LogP contribution is 2.23. The van der Waals surface area contributed by atoms with Gasteiger partial charge in [0.05, 0.1) is 18.8 Å². The Morgan fingerprint density at radius 3 is 3.00 bits per heavy atom. The number of pyridine rings is 1. The molecular formula is C12H17BrN2O2. The van der Waals surface area contributed by atoms with E-state index in [2.05, 4.69) is 31.9 Å². The monoisotopic (exact) mass is 300 g/mol. The number of ether oxygens (including phenoxy) is 1. The van der Waals surface area contributed by atoms with Crippen molar-refractivity contribution in [2.75, 3.05) is 24.6 Å². The van der Waals surface area contributed by atoms with E-state index in [1.165, 1.54) is 0 Å². The highest BCUT2D eigenvalue weighted by Gasteiger charge is 2.26. The van der Waals surface area contributed by atoms with Crippen LogP contribution in [-0.4, -0.2) is 42.0 Å². The quantitative estimate of drug-likeness (QED) is 0.904. The minimum absolute atomic E-state index is 0.0520. The van der Waals surface area contributed by atoms with Crippen molar-refractivity contribution in [1.82, 2.24) is 4.98 Å². The van der Waals surface area contributed by atoms with Gasteiger partial charge in [0.25, 0.3) is 0 Å². The van der Waals surface area contributed by atoms with E-state index in [0.29, 0.717) is 6.54 Å². The Morgan fingerprint density at radius 2 is 2.35 bits per heavy atom. The number of anilines is 1. The fraction of sp³-hybridized carbons (Fsp3) is 0.583. The smallest absolute Gasteiger partial charge is 0.131 e. The molecule has 1 saturated heterocycles. The molecule has 0 bridgehead atoms. The topological polar surface area (TPSA) is 45.6 Å². The minimum Gasteiger partial charge on any atom is -0.394 e. The number of rotatable bonds is 2. The van der Waals surface area contributed by atoms with E-state index < -0.39 is 0 Å². The maximum Gasteiger partial charge on any atom is 0.131 e. The fourth-order valence-electron chi connectivity index (χ4n) is 2.18. The molecule has 0 saturated carbocycles. The summed E-state index contributed by atoms with van der Waals surface area (Å²) in [7, 11) is 0. The molecule has 1 aliphatic heterocycles. The van der Waals surface area contributed by atoms with Crippen LogP contribution in [0, 0.1) is 6.92 Å². The van der Waals surface area contributed by atoms with Crippen molar-refractivity contribution in [3.05, 3.63) is 22.3 Å². The van der Waals surface area contributed by atoms with Gasteiger partial charge in [0.15, 0.2) is 0 Å². The normalized spacial score (nSPS) is 25.1. The lowest BCUT2D eigenvalue weighted by Gasteiger charge is -2.37. The molecule has 1 aliphatic rings. The number of aromatic nitrogens is 1. The third-order valence-corrected chi connectivity index (χ3v) is 3.28. The Kier molecular flexibility index (Phi) is 4.01. The summed E-state index contributed by atoms with van der Waals surface area (Å²) in [6.07, 6.45) is 1.80. The molecule has 2 heterocycles. The molecule has 0 aromatic carbocycles. The van der Waals surface area contributed by atoms with Crippen molar-refractivity contribution >= 4 is 21.7 Å². The molecule has 94 valence electrons. The van der Waals surface area contributed by atoms with E-state index >= 15 is 0 Å².